The van der Waals surface area contributed by atoms with Crippen LogP contribution in [0.5, 0.6) is 17.2 Å². The van der Waals surface area contributed by atoms with Gasteiger partial charge in [-0.15, -0.1) is 0 Å². The zero-order valence-electron chi connectivity index (χ0n) is 14.8. The van der Waals surface area contributed by atoms with Crippen LogP contribution in [-0.4, -0.2) is 29.9 Å². The van der Waals surface area contributed by atoms with Gasteiger partial charge in [0, 0.05) is 0 Å². The lowest BCUT2D eigenvalue weighted by Gasteiger charge is -2.21. The predicted octanol–water partition coefficient (Wildman–Crippen LogP) is 4.19. The highest BCUT2D eigenvalue weighted by Gasteiger charge is 2.12. The number of carbonyl (C=O) groups excluding carboxylic acids is 1. The molecule has 0 saturated heterocycles. The monoisotopic (exact) mass is 344 g/mol. The fourth-order valence-corrected chi connectivity index (χ4v) is 2.11. The average Bonchev–Trinajstić information content (AvgIpc) is 2.56. The van der Waals surface area contributed by atoms with Crippen LogP contribution in [0.1, 0.15) is 37.6 Å². The van der Waals surface area contributed by atoms with Crippen LogP contribution in [0.3, 0.4) is 0 Å². The Labute approximate surface area is 148 Å². The summed E-state index contributed by atoms with van der Waals surface area (Å²) in [5.41, 5.74) is 0.450. The fourth-order valence-electron chi connectivity index (χ4n) is 2.11. The molecule has 25 heavy (non-hydrogen) atoms. The Morgan fingerprint density at radius 3 is 2.28 bits per heavy atom. The molecule has 4 rings (SSSR count). The molecule has 5 nitrogen and oxygen atoms in total. The van der Waals surface area contributed by atoms with Crippen molar-refractivity contribution in [3.8, 4) is 17.2 Å². The molecule has 2 aliphatic rings. The molecule has 5 heteroatoms. The third-order valence-corrected chi connectivity index (χ3v) is 3.46. The highest BCUT2D eigenvalue weighted by atomic mass is 16.5. The van der Waals surface area contributed by atoms with Crippen LogP contribution in [0.2, 0.25) is 0 Å². The molecular formula is C20H24O5. The largest absolute Gasteiger partial charge is 0.508 e. The van der Waals surface area contributed by atoms with E-state index in [1.807, 2.05) is 24.3 Å². The summed E-state index contributed by atoms with van der Waals surface area (Å²) in [7, 11) is 0. The van der Waals surface area contributed by atoms with Crippen LogP contribution in [-0.2, 0) is 4.74 Å². The number of hydrogen-bond donors (Lipinski definition) is 1. The number of rotatable bonds is 3. The van der Waals surface area contributed by atoms with Crippen molar-refractivity contribution >= 4 is 5.97 Å². The van der Waals surface area contributed by atoms with Crippen LogP contribution >= 0.6 is 0 Å². The first-order chi connectivity index (χ1) is 12.0. The van der Waals surface area contributed by atoms with Gasteiger partial charge in [-0.25, -0.2) is 4.79 Å². The molecule has 0 spiro atoms. The summed E-state index contributed by atoms with van der Waals surface area (Å²) in [6.45, 7) is 6.34. The average molecular weight is 344 g/mol. The maximum Gasteiger partial charge on any atom is 0.338 e. The van der Waals surface area contributed by atoms with Crippen molar-refractivity contribution in [2.75, 3.05) is 6.61 Å². The number of fused-ring (bicyclic) bond motifs is 5. The van der Waals surface area contributed by atoms with Crippen molar-refractivity contribution in [3.63, 3.8) is 0 Å². The summed E-state index contributed by atoms with van der Waals surface area (Å²) in [4.78, 5) is 11.3. The van der Waals surface area contributed by atoms with Crippen molar-refractivity contribution in [3.05, 3.63) is 54.1 Å². The highest BCUT2D eigenvalue weighted by molar-refractivity contribution is 5.89. The summed E-state index contributed by atoms with van der Waals surface area (Å²) in [6.07, 6.45) is 1.06. The Balaban J connectivity index is 0.000000181. The number of benzene rings is 2. The molecule has 2 aromatic carbocycles. The van der Waals surface area contributed by atoms with E-state index in [0.29, 0.717) is 12.2 Å². The topological polar surface area (TPSA) is 65.0 Å². The van der Waals surface area contributed by atoms with Gasteiger partial charge in [0.2, 0.25) is 0 Å². The van der Waals surface area contributed by atoms with E-state index in [2.05, 4.69) is 6.92 Å². The molecule has 0 aromatic heterocycles. The summed E-state index contributed by atoms with van der Waals surface area (Å²) >= 11 is 0. The Hall–Kier alpha value is -2.69. The third kappa shape index (κ3) is 6.03. The van der Waals surface area contributed by atoms with E-state index < -0.39 is 0 Å². The van der Waals surface area contributed by atoms with Crippen LogP contribution < -0.4 is 9.47 Å². The smallest absolute Gasteiger partial charge is 0.338 e. The van der Waals surface area contributed by atoms with E-state index in [1.54, 1.807) is 13.8 Å². The molecule has 0 radical (unpaired) electrons. The summed E-state index contributed by atoms with van der Waals surface area (Å²) < 4.78 is 16.1. The van der Waals surface area contributed by atoms with Gasteiger partial charge >= 0.3 is 5.97 Å². The maximum atomic E-state index is 11.3. The van der Waals surface area contributed by atoms with Crippen LogP contribution in [0, 0.1) is 0 Å². The normalized spacial score (nSPS) is 15.1. The zero-order chi connectivity index (χ0) is 18.2. The van der Waals surface area contributed by atoms with Crippen LogP contribution in [0.4, 0.5) is 0 Å². The van der Waals surface area contributed by atoms with Crippen molar-refractivity contribution in [1.82, 2.24) is 0 Å². The van der Waals surface area contributed by atoms with E-state index in [4.69, 9.17) is 19.3 Å². The molecule has 2 heterocycles. The fraction of sp³-hybridized carbons (Fsp3) is 0.350. The summed E-state index contributed by atoms with van der Waals surface area (Å²) in [6, 6.07) is 13.7. The van der Waals surface area contributed by atoms with Gasteiger partial charge in [0.1, 0.15) is 30.0 Å². The number of carbonyl (C=O) groups is 1. The molecule has 0 fully saturated rings. The Bertz CT molecular complexity index is 661. The second-order valence-electron chi connectivity index (χ2n) is 5.93. The van der Waals surface area contributed by atoms with Crippen LogP contribution in [0.25, 0.3) is 0 Å². The minimum atomic E-state index is -0.366. The molecule has 2 aliphatic heterocycles. The molecule has 2 aromatic rings. The third-order valence-electron chi connectivity index (χ3n) is 3.46. The van der Waals surface area contributed by atoms with Gasteiger partial charge in [-0.05, 0) is 68.8 Å². The Morgan fingerprint density at radius 1 is 1.12 bits per heavy atom. The molecule has 0 saturated carbocycles. The SMILES string of the molecule is CC(C)OC(=O)c1ccc(O)cc1.CCC1COc2ccc(cc2)O1. The number of hydrogen-bond acceptors (Lipinski definition) is 5. The molecule has 0 amide bonds. The minimum Gasteiger partial charge on any atom is -0.508 e. The molecule has 0 aliphatic carbocycles. The van der Waals surface area contributed by atoms with Gasteiger partial charge in [-0.3, -0.25) is 0 Å². The van der Waals surface area contributed by atoms with Gasteiger partial charge in [-0.2, -0.15) is 0 Å². The second kappa shape index (κ2) is 8.97. The summed E-state index contributed by atoms with van der Waals surface area (Å²) in [5, 5.41) is 8.97. The van der Waals surface area contributed by atoms with Crippen molar-refractivity contribution in [2.24, 2.45) is 0 Å². The quantitative estimate of drug-likeness (QED) is 0.846. The first-order valence-corrected chi connectivity index (χ1v) is 8.37. The number of phenols is 1. The van der Waals surface area contributed by atoms with E-state index in [-0.39, 0.29) is 23.9 Å². The van der Waals surface area contributed by atoms with E-state index >= 15 is 0 Å². The lowest BCUT2D eigenvalue weighted by molar-refractivity contribution is 0.0378. The highest BCUT2D eigenvalue weighted by Crippen LogP contribution is 2.22. The molecule has 1 unspecified atom stereocenters. The molecule has 2 bridgehead atoms. The Kier molecular flexibility index (Phi) is 6.69. The molecule has 1 atom stereocenters. The first kappa shape index (κ1) is 18.6. The van der Waals surface area contributed by atoms with Crippen LogP contribution in [0.15, 0.2) is 48.5 Å². The number of aromatic hydroxyl groups is 1. The second-order valence-corrected chi connectivity index (χ2v) is 5.93. The summed E-state index contributed by atoms with van der Waals surface area (Å²) in [5.74, 6) is 1.64. The van der Waals surface area contributed by atoms with Crippen molar-refractivity contribution in [1.29, 1.82) is 0 Å². The van der Waals surface area contributed by atoms with E-state index in [0.717, 1.165) is 17.9 Å². The van der Waals surface area contributed by atoms with Gasteiger partial charge in [-0.1, -0.05) is 6.92 Å². The Morgan fingerprint density at radius 2 is 1.72 bits per heavy atom. The molecular weight excluding hydrogens is 320 g/mol. The zero-order valence-corrected chi connectivity index (χ0v) is 14.8. The van der Waals surface area contributed by atoms with Gasteiger partial charge in [0.05, 0.1) is 11.7 Å². The number of esters is 1. The lowest BCUT2D eigenvalue weighted by Crippen LogP contribution is -2.25. The van der Waals surface area contributed by atoms with Gasteiger partial charge in [0.25, 0.3) is 0 Å². The van der Waals surface area contributed by atoms with E-state index in [9.17, 15) is 4.79 Å². The standard InChI is InChI=1S/C10H12O3.C10H12O2/c1-7(2)13-10(12)8-3-5-9(11)6-4-8;1-2-8-7-11-9-3-5-10(12-8)6-4-9/h3-7,11H,1-2H3;3-6,8H,2,7H2,1H3. The number of ether oxygens (including phenoxy) is 3. The first-order valence-electron chi connectivity index (χ1n) is 8.37. The maximum absolute atomic E-state index is 11.3. The van der Waals surface area contributed by atoms with Gasteiger partial charge < -0.3 is 19.3 Å². The van der Waals surface area contributed by atoms with E-state index in [1.165, 1.54) is 24.3 Å². The minimum absolute atomic E-state index is 0.124. The number of phenolic OH excluding ortho intramolecular Hbond substituents is 1. The van der Waals surface area contributed by atoms with Crippen molar-refractivity contribution < 1.29 is 24.1 Å². The lowest BCUT2D eigenvalue weighted by atomic mass is 10.2. The predicted molar refractivity (Wildman–Crippen MR) is 95.3 cm³/mol. The van der Waals surface area contributed by atoms with Crippen molar-refractivity contribution in [2.45, 2.75) is 39.4 Å². The molecule has 134 valence electrons. The van der Waals surface area contributed by atoms with Gasteiger partial charge in [0.15, 0.2) is 0 Å². The molecule has 1 N–H and O–H groups in total.